The molecule has 12 heteroatoms. The Morgan fingerprint density at radius 1 is 1.11 bits per heavy atom. The first kappa shape index (κ1) is 25.0. The summed E-state index contributed by atoms with van der Waals surface area (Å²) in [5.41, 5.74) is 4.24. The Bertz CT molecular complexity index is 1210. The zero-order chi connectivity index (χ0) is 24.6. The number of anilines is 4. The molecule has 2 aromatic carbocycles. The van der Waals surface area contributed by atoms with Crippen LogP contribution in [0, 0.1) is 5.82 Å². The number of aromatic nitrogens is 3. The van der Waals surface area contributed by atoms with E-state index < -0.39 is 0 Å². The Morgan fingerprint density at radius 2 is 1.86 bits per heavy atom. The molecule has 3 aromatic rings. The van der Waals surface area contributed by atoms with Crippen molar-refractivity contribution in [2.45, 2.75) is 0 Å². The smallest absolute Gasteiger partial charge is 0.250 e. The molecule has 9 nitrogen and oxygen atoms in total. The molecule has 182 valence electrons. The minimum atomic E-state index is -0.326. The van der Waals surface area contributed by atoms with Gasteiger partial charge in [-0.1, -0.05) is 28.6 Å². The van der Waals surface area contributed by atoms with Gasteiger partial charge >= 0.3 is 0 Å². The van der Waals surface area contributed by atoms with Crippen molar-refractivity contribution in [2.75, 3.05) is 48.6 Å². The summed E-state index contributed by atoms with van der Waals surface area (Å²) in [4.78, 5) is 15.4. The maximum atomic E-state index is 13.3. The Labute approximate surface area is 218 Å². The van der Waals surface area contributed by atoms with Crippen LogP contribution in [-0.2, 0) is 4.74 Å². The van der Waals surface area contributed by atoms with Crippen LogP contribution in [0.3, 0.4) is 0 Å². The third-order valence-corrected chi connectivity index (χ3v) is 5.82. The fourth-order valence-corrected chi connectivity index (χ4v) is 4.54. The topological polar surface area (TPSA) is 96.8 Å². The highest BCUT2D eigenvalue weighted by atomic mass is 79.9. The molecule has 2 heterocycles. The van der Waals surface area contributed by atoms with E-state index in [-0.39, 0.29) is 11.8 Å². The summed E-state index contributed by atoms with van der Waals surface area (Å²) in [6, 6.07) is 9.69. The second kappa shape index (κ2) is 12.0. The third-order valence-electron chi connectivity index (χ3n) is 4.77. The molecule has 35 heavy (non-hydrogen) atoms. The molecular formula is C23H22Br2FN7O2. The second-order valence-electron chi connectivity index (χ2n) is 7.29. The number of nitrogens with zero attached hydrogens (tertiary/aromatic N) is 5. The standard InChI is InChI=1S/C23H22Br2FN7O2/c1-2-9-35-20-15(12-16(24)13-19(20)25)14-27-32-22-29-21(28-18-5-3-17(26)4-6-18)30-23(31-22)33-7-10-34-11-8-33/h2-6,12-14H,1,7-11H2,(H2,28,29,30,31,32). The van der Waals surface area contributed by atoms with Crippen LogP contribution in [0.2, 0.25) is 0 Å². The number of morpholine rings is 1. The monoisotopic (exact) mass is 605 g/mol. The Kier molecular flexibility index (Phi) is 8.61. The van der Waals surface area contributed by atoms with Gasteiger partial charge in [-0.25, -0.2) is 9.82 Å². The highest BCUT2D eigenvalue weighted by molar-refractivity contribution is 9.11. The SMILES string of the molecule is C=CCOc1c(Br)cc(Br)cc1C=NNc1nc(Nc2ccc(F)cc2)nc(N2CCOCC2)n1. The maximum absolute atomic E-state index is 13.3. The molecule has 0 radical (unpaired) electrons. The van der Waals surface area contributed by atoms with E-state index in [1.165, 1.54) is 12.1 Å². The molecule has 1 aliphatic rings. The van der Waals surface area contributed by atoms with Gasteiger partial charge in [0.05, 0.1) is 23.9 Å². The van der Waals surface area contributed by atoms with Gasteiger partial charge in [-0.2, -0.15) is 20.1 Å². The summed E-state index contributed by atoms with van der Waals surface area (Å²) in [7, 11) is 0. The summed E-state index contributed by atoms with van der Waals surface area (Å²) in [5, 5.41) is 7.40. The molecule has 0 aliphatic carbocycles. The normalized spacial score (nSPS) is 13.6. The molecule has 0 amide bonds. The average molecular weight is 607 g/mol. The van der Waals surface area contributed by atoms with Crippen LogP contribution in [0.25, 0.3) is 0 Å². The van der Waals surface area contributed by atoms with E-state index in [1.807, 2.05) is 17.0 Å². The van der Waals surface area contributed by atoms with Gasteiger partial charge in [0.1, 0.15) is 18.2 Å². The number of halogens is 3. The van der Waals surface area contributed by atoms with Gasteiger partial charge in [0, 0.05) is 28.8 Å². The van der Waals surface area contributed by atoms with E-state index in [0.29, 0.717) is 56.2 Å². The van der Waals surface area contributed by atoms with Crippen LogP contribution in [0.1, 0.15) is 5.56 Å². The molecular weight excluding hydrogens is 585 g/mol. The molecule has 1 aromatic heterocycles. The van der Waals surface area contributed by atoms with Crippen molar-refractivity contribution in [1.29, 1.82) is 0 Å². The fourth-order valence-electron chi connectivity index (χ4n) is 3.17. The van der Waals surface area contributed by atoms with Gasteiger partial charge in [0.15, 0.2) is 0 Å². The molecule has 0 spiro atoms. The maximum Gasteiger partial charge on any atom is 0.250 e. The van der Waals surface area contributed by atoms with Crippen LogP contribution < -0.4 is 20.4 Å². The first-order valence-electron chi connectivity index (χ1n) is 10.6. The highest BCUT2D eigenvalue weighted by Gasteiger charge is 2.17. The zero-order valence-electron chi connectivity index (χ0n) is 18.5. The van der Waals surface area contributed by atoms with Crippen LogP contribution in [0.4, 0.5) is 27.9 Å². The molecule has 0 unspecified atom stereocenters. The van der Waals surface area contributed by atoms with E-state index >= 15 is 0 Å². The van der Waals surface area contributed by atoms with Gasteiger partial charge in [0.2, 0.25) is 17.8 Å². The minimum absolute atomic E-state index is 0.241. The summed E-state index contributed by atoms with van der Waals surface area (Å²) in [5.74, 6) is 1.32. The lowest BCUT2D eigenvalue weighted by Gasteiger charge is -2.27. The fraction of sp³-hybridized carbons (Fsp3) is 0.217. The summed E-state index contributed by atoms with van der Waals surface area (Å²) in [6.45, 7) is 6.51. The predicted octanol–water partition coefficient (Wildman–Crippen LogP) is 5.13. The quantitative estimate of drug-likeness (QED) is 0.197. The highest BCUT2D eigenvalue weighted by Crippen LogP contribution is 2.32. The Morgan fingerprint density at radius 3 is 2.60 bits per heavy atom. The van der Waals surface area contributed by atoms with Crippen LogP contribution in [-0.4, -0.2) is 54.1 Å². The van der Waals surface area contributed by atoms with Crippen molar-refractivity contribution < 1.29 is 13.9 Å². The van der Waals surface area contributed by atoms with E-state index in [0.717, 1.165) is 14.5 Å². The van der Waals surface area contributed by atoms with Crippen molar-refractivity contribution >= 4 is 61.6 Å². The Hall–Kier alpha value is -3.09. The first-order valence-corrected chi connectivity index (χ1v) is 12.2. The van der Waals surface area contributed by atoms with Crippen molar-refractivity contribution in [2.24, 2.45) is 5.10 Å². The Balaban J connectivity index is 1.59. The van der Waals surface area contributed by atoms with Crippen LogP contribution >= 0.6 is 31.9 Å². The van der Waals surface area contributed by atoms with Gasteiger partial charge < -0.3 is 19.7 Å². The predicted molar refractivity (Wildman–Crippen MR) is 141 cm³/mol. The number of rotatable bonds is 9. The van der Waals surface area contributed by atoms with Crippen molar-refractivity contribution in [3.05, 3.63) is 69.4 Å². The number of hydrazone groups is 1. The number of hydrogen-bond acceptors (Lipinski definition) is 9. The van der Waals surface area contributed by atoms with Crippen LogP contribution in [0.15, 0.2) is 63.1 Å². The van der Waals surface area contributed by atoms with Crippen molar-refractivity contribution in [3.8, 4) is 5.75 Å². The molecule has 0 bridgehead atoms. The zero-order valence-corrected chi connectivity index (χ0v) is 21.7. The molecule has 1 aliphatic heterocycles. The van der Waals surface area contributed by atoms with Gasteiger partial charge in [0.25, 0.3) is 0 Å². The van der Waals surface area contributed by atoms with E-state index in [4.69, 9.17) is 9.47 Å². The van der Waals surface area contributed by atoms with Crippen molar-refractivity contribution in [3.63, 3.8) is 0 Å². The van der Waals surface area contributed by atoms with E-state index in [2.05, 4.69) is 69.2 Å². The molecule has 0 saturated carbocycles. The summed E-state index contributed by atoms with van der Waals surface area (Å²) >= 11 is 7.00. The minimum Gasteiger partial charge on any atom is -0.488 e. The van der Waals surface area contributed by atoms with Gasteiger partial charge in [-0.3, -0.25) is 0 Å². The first-order chi connectivity index (χ1) is 17.0. The largest absolute Gasteiger partial charge is 0.488 e. The lowest BCUT2D eigenvalue weighted by atomic mass is 10.2. The number of benzene rings is 2. The molecule has 1 saturated heterocycles. The van der Waals surface area contributed by atoms with Gasteiger partial charge in [-0.15, -0.1) is 0 Å². The molecule has 0 atom stereocenters. The number of ether oxygens (including phenoxy) is 2. The second-order valence-corrected chi connectivity index (χ2v) is 9.06. The molecule has 1 fully saturated rings. The number of hydrogen-bond donors (Lipinski definition) is 2. The lowest BCUT2D eigenvalue weighted by molar-refractivity contribution is 0.122. The lowest BCUT2D eigenvalue weighted by Crippen LogP contribution is -2.37. The molecule has 4 rings (SSSR count). The third kappa shape index (κ3) is 6.96. The molecule has 2 N–H and O–H groups in total. The van der Waals surface area contributed by atoms with Crippen molar-refractivity contribution in [1.82, 2.24) is 15.0 Å². The summed E-state index contributed by atoms with van der Waals surface area (Å²) in [6.07, 6.45) is 3.28. The van der Waals surface area contributed by atoms with Crippen LogP contribution in [0.5, 0.6) is 5.75 Å². The van der Waals surface area contributed by atoms with E-state index in [9.17, 15) is 4.39 Å². The average Bonchev–Trinajstić information content (AvgIpc) is 2.85. The van der Waals surface area contributed by atoms with E-state index in [1.54, 1.807) is 24.4 Å². The van der Waals surface area contributed by atoms with Gasteiger partial charge in [-0.05, 0) is 52.3 Å². The summed E-state index contributed by atoms with van der Waals surface area (Å²) < 4.78 is 26.1. The number of nitrogens with one attached hydrogen (secondary N) is 2.